The topological polar surface area (TPSA) is 70.2 Å². The molecule has 0 bridgehead atoms. The largest absolute Gasteiger partial charge is 0.385 e. The Morgan fingerprint density at radius 3 is 2.52 bits per heavy atom. The van der Waals surface area contributed by atoms with E-state index in [4.69, 9.17) is 0 Å². The molecular formula is C16H25N3O2. The molecule has 0 aliphatic carbocycles. The second-order valence-electron chi connectivity index (χ2n) is 4.94. The summed E-state index contributed by atoms with van der Waals surface area (Å²) in [5.41, 5.74) is 2.46. The zero-order valence-electron chi connectivity index (χ0n) is 13.1. The molecule has 5 nitrogen and oxygen atoms in total. The van der Waals surface area contributed by atoms with E-state index >= 15 is 0 Å². The number of carbonyl (C=O) groups excluding carboxylic acids is 2. The molecule has 116 valence electrons. The van der Waals surface area contributed by atoms with E-state index in [2.05, 4.69) is 16.0 Å². The van der Waals surface area contributed by atoms with Crippen molar-refractivity contribution >= 4 is 17.5 Å². The van der Waals surface area contributed by atoms with Crippen molar-refractivity contribution in [2.75, 3.05) is 25.0 Å². The van der Waals surface area contributed by atoms with Gasteiger partial charge in [-0.1, -0.05) is 18.6 Å². The number of anilines is 1. The summed E-state index contributed by atoms with van der Waals surface area (Å²) in [4.78, 5) is 23.7. The molecule has 0 aliphatic rings. The first-order valence-corrected chi connectivity index (χ1v) is 7.47. The summed E-state index contributed by atoms with van der Waals surface area (Å²) in [6, 6.07) is 5.72. The van der Waals surface area contributed by atoms with Gasteiger partial charge in [-0.3, -0.25) is 9.59 Å². The van der Waals surface area contributed by atoms with E-state index < -0.39 is 0 Å². The lowest BCUT2D eigenvalue weighted by atomic mass is 10.1. The molecule has 21 heavy (non-hydrogen) atoms. The lowest BCUT2D eigenvalue weighted by Crippen LogP contribution is -2.31. The molecule has 1 aromatic rings. The maximum atomic E-state index is 12.2. The number of rotatable bonds is 8. The number of aryl methyl sites for hydroxylation is 1. The third kappa shape index (κ3) is 5.85. The van der Waals surface area contributed by atoms with Gasteiger partial charge in [-0.2, -0.15) is 0 Å². The van der Waals surface area contributed by atoms with Gasteiger partial charge in [0.2, 0.25) is 5.91 Å². The average molecular weight is 291 g/mol. The van der Waals surface area contributed by atoms with Crippen LogP contribution in [0.5, 0.6) is 0 Å². The van der Waals surface area contributed by atoms with E-state index in [0.29, 0.717) is 25.1 Å². The van der Waals surface area contributed by atoms with Crippen LogP contribution in [0.25, 0.3) is 0 Å². The van der Waals surface area contributed by atoms with Crippen LogP contribution < -0.4 is 16.0 Å². The first-order valence-electron chi connectivity index (χ1n) is 7.47. The molecule has 0 unspecified atom stereocenters. The molecule has 2 amide bonds. The highest BCUT2D eigenvalue weighted by Gasteiger charge is 2.11. The Labute approximate surface area is 126 Å². The normalized spacial score (nSPS) is 10.0. The van der Waals surface area contributed by atoms with Crippen LogP contribution in [0.3, 0.4) is 0 Å². The third-order valence-electron chi connectivity index (χ3n) is 3.00. The maximum Gasteiger partial charge on any atom is 0.253 e. The van der Waals surface area contributed by atoms with Crippen LogP contribution in [0, 0.1) is 6.92 Å². The van der Waals surface area contributed by atoms with Crippen LogP contribution in [0.2, 0.25) is 0 Å². The number of benzene rings is 1. The molecule has 5 heteroatoms. The molecule has 0 aromatic heterocycles. The summed E-state index contributed by atoms with van der Waals surface area (Å²) in [6.45, 7) is 7.71. The molecule has 0 atom stereocenters. The van der Waals surface area contributed by atoms with Gasteiger partial charge >= 0.3 is 0 Å². The molecule has 0 fully saturated rings. The fourth-order valence-corrected chi connectivity index (χ4v) is 1.93. The summed E-state index contributed by atoms with van der Waals surface area (Å²) in [5, 5.41) is 8.75. The second-order valence-corrected chi connectivity index (χ2v) is 4.94. The monoisotopic (exact) mass is 291 g/mol. The summed E-state index contributed by atoms with van der Waals surface area (Å²) < 4.78 is 0. The Hall–Kier alpha value is -2.04. The molecule has 1 aromatic carbocycles. The standard InChI is InChI=1S/C16H25N3O2/c1-4-9-18-15(20)8-10-19-16(21)13-11-12(3)6-7-14(13)17-5-2/h6-7,11,17H,4-5,8-10H2,1-3H3,(H,18,20)(H,19,21). The fourth-order valence-electron chi connectivity index (χ4n) is 1.93. The zero-order chi connectivity index (χ0) is 15.7. The number of carbonyl (C=O) groups is 2. The molecule has 0 heterocycles. The highest BCUT2D eigenvalue weighted by molar-refractivity contribution is 6.00. The lowest BCUT2D eigenvalue weighted by Gasteiger charge is -2.12. The Balaban J connectivity index is 2.55. The minimum atomic E-state index is -0.155. The highest BCUT2D eigenvalue weighted by atomic mass is 16.2. The predicted octanol–water partition coefficient (Wildman–Crippen LogP) is 2.07. The number of hydrogen-bond acceptors (Lipinski definition) is 3. The van der Waals surface area contributed by atoms with Crippen molar-refractivity contribution in [3.63, 3.8) is 0 Å². The molecule has 1 rings (SSSR count). The van der Waals surface area contributed by atoms with E-state index in [1.165, 1.54) is 0 Å². The summed E-state index contributed by atoms with van der Waals surface area (Å²) in [7, 11) is 0. The SMILES string of the molecule is CCCNC(=O)CCNC(=O)c1cc(C)ccc1NCC. The Morgan fingerprint density at radius 2 is 1.86 bits per heavy atom. The van der Waals surface area contributed by atoms with Crippen molar-refractivity contribution in [3.8, 4) is 0 Å². The van der Waals surface area contributed by atoms with Crippen molar-refractivity contribution in [1.29, 1.82) is 0 Å². The summed E-state index contributed by atoms with van der Waals surface area (Å²) in [5.74, 6) is -0.189. The summed E-state index contributed by atoms with van der Waals surface area (Å²) in [6.07, 6.45) is 1.21. The van der Waals surface area contributed by atoms with Gasteiger partial charge in [0.25, 0.3) is 5.91 Å². The Bertz CT molecular complexity index is 486. The second kappa shape index (κ2) is 9.00. The smallest absolute Gasteiger partial charge is 0.253 e. The molecule has 0 radical (unpaired) electrons. The summed E-state index contributed by atoms with van der Waals surface area (Å²) >= 11 is 0. The van der Waals surface area contributed by atoms with Crippen LogP contribution in [-0.2, 0) is 4.79 Å². The van der Waals surface area contributed by atoms with Crippen molar-refractivity contribution in [2.24, 2.45) is 0 Å². The lowest BCUT2D eigenvalue weighted by molar-refractivity contribution is -0.120. The minimum absolute atomic E-state index is 0.0340. The van der Waals surface area contributed by atoms with E-state index in [1.54, 1.807) is 0 Å². The molecular weight excluding hydrogens is 266 g/mol. The third-order valence-corrected chi connectivity index (χ3v) is 3.00. The fraction of sp³-hybridized carbons (Fsp3) is 0.500. The minimum Gasteiger partial charge on any atom is -0.385 e. The molecule has 3 N–H and O–H groups in total. The van der Waals surface area contributed by atoms with Crippen LogP contribution in [-0.4, -0.2) is 31.4 Å². The van der Waals surface area contributed by atoms with E-state index in [-0.39, 0.29) is 11.8 Å². The van der Waals surface area contributed by atoms with Crippen molar-refractivity contribution in [1.82, 2.24) is 10.6 Å². The number of hydrogen-bond donors (Lipinski definition) is 3. The van der Waals surface area contributed by atoms with Crippen LogP contribution in [0.15, 0.2) is 18.2 Å². The number of nitrogens with one attached hydrogen (secondary N) is 3. The predicted molar refractivity (Wildman–Crippen MR) is 85.6 cm³/mol. The van der Waals surface area contributed by atoms with Gasteiger partial charge in [0, 0.05) is 31.7 Å². The van der Waals surface area contributed by atoms with Crippen molar-refractivity contribution < 1.29 is 9.59 Å². The van der Waals surface area contributed by atoms with E-state index in [1.807, 2.05) is 39.0 Å². The van der Waals surface area contributed by atoms with E-state index in [9.17, 15) is 9.59 Å². The Morgan fingerprint density at radius 1 is 1.10 bits per heavy atom. The Kier molecular flexibility index (Phi) is 7.29. The zero-order valence-corrected chi connectivity index (χ0v) is 13.1. The van der Waals surface area contributed by atoms with E-state index in [0.717, 1.165) is 24.2 Å². The molecule has 0 saturated carbocycles. The van der Waals surface area contributed by atoms with Gasteiger partial charge in [0.1, 0.15) is 0 Å². The van der Waals surface area contributed by atoms with Crippen LogP contribution in [0.1, 0.15) is 42.6 Å². The molecule has 0 saturated heterocycles. The van der Waals surface area contributed by atoms with Gasteiger partial charge < -0.3 is 16.0 Å². The molecule has 0 aliphatic heterocycles. The van der Waals surface area contributed by atoms with Crippen LogP contribution in [0.4, 0.5) is 5.69 Å². The van der Waals surface area contributed by atoms with Gasteiger partial charge in [-0.05, 0) is 32.4 Å². The van der Waals surface area contributed by atoms with Gasteiger partial charge in [-0.25, -0.2) is 0 Å². The molecule has 0 spiro atoms. The average Bonchev–Trinajstić information content (AvgIpc) is 2.47. The van der Waals surface area contributed by atoms with Gasteiger partial charge in [-0.15, -0.1) is 0 Å². The highest BCUT2D eigenvalue weighted by Crippen LogP contribution is 2.17. The number of amides is 2. The van der Waals surface area contributed by atoms with Gasteiger partial charge in [0.05, 0.1) is 5.56 Å². The van der Waals surface area contributed by atoms with Gasteiger partial charge in [0.15, 0.2) is 0 Å². The van der Waals surface area contributed by atoms with Crippen molar-refractivity contribution in [2.45, 2.75) is 33.6 Å². The first-order chi connectivity index (χ1) is 10.1. The van der Waals surface area contributed by atoms with Crippen molar-refractivity contribution in [3.05, 3.63) is 29.3 Å². The quantitative estimate of drug-likeness (QED) is 0.687. The van der Waals surface area contributed by atoms with Crippen LogP contribution >= 0.6 is 0 Å². The maximum absolute atomic E-state index is 12.2. The first kappa shape index (κ1) is 17.0.